The molecule has 0 saturated carbocycles. The van der Waals surface area contributed by atoms with Gasteiger partial charge in [0.05, 0.1) is 18.2 Å². The van der Waals surface area contributed by atoms with Gasteiger partial charge in [0, 0.05) is 29.8 Å². The molecule has 0 fully saturated rings. The van der Waals surface area contributed by atoms with Crippen molar-refractivity contribution >= 4 is 17.4 Å². The van der Waals surface area contributed by atoms with Crippen LogP contribution in [-0.4, -0.2) is 45.1 Å². The van der Waals surface area contributed by atoms with Gasteiger partial charge in [0.15, 0.2) is 11.6 Å². The zero-order chi connectivity index (χ0) is 28.1. The molecule has 0 bridgehead atoms. The SMILES string of the molecule is CCC[C@@H](C)Oc1ccc(-c2nc(OC)nc(-c3cc(CCC(=O)C(C)(C)C(F)(F)F)ccc3Cl)n2)cn1. The third kappa shape index (κ3) is 6.98. The first kappa shape index (κ1) is 29.3. The molecule has 0 spiro atoms. The fourth-order valence-electron chi connectivity index (χ4n) is 3.58. The van der Waals surface area contributed by atoms with Gasteiger partial charge >= 0.3 is 12.2 Å². The zero-order valence-corrected chi connectivity index (χ0v) is 22.7. The van der Waals surface area contributed by atoms with Crippen molar-refractivity contribution in [2.75, 3.05) is 7.11 Å². The maximum Gasteiger partial charge on any atom is 0.400 e. The summed E-state index contributed by atoms with van der Waals surface area (Å²) in [6.45, 7) is 5.84. The molecule has 1 atom stereocenters. The quantitative estimate of drug-likeness (QED) is 0.256. The van der Waals surface area contributed by atoms with Gasteiger partial charge in [-0.1, -0.05) is 31.0 Å². The lowest BCUT2D eigenvalue weighted by Gasteiger charge is -2.26. The van der Waals surface area contributed by atoms with Gasteiger partial charge in [-0.05, 0) is 57.4 Å². The van der Waals surface area contributed by atoms with Gasteiger partial charge in [0.2, 0.25) is 5.88 Å². The molecule has 3 rings (SSSR count). The standard InChI is InChI=1S/C27H30ClF3N4O3/c1-6-7-16(2)38-22-13-10-18(15-32-22)23-33-24(35-25(34-23)37-5)19-14-17(8-11-20(19)28)9-12-21(36)26(3,4)27(29,30)31/h8,10-11,13-16H,6-7,9,12H2,1-5H3/t16-/m1/s1. The fraction of sp³-hybridized carbons (Fsp3) is 0.444. The molecule has 0 aliphatic heterocycles. The van der Waals surface area contributed by atoms with Crippen LogP contribution in [0.2, 0.25) is 5.02 Å². The normalized spacial score (nSPS) is 12.8. The lowest BCUT2D eigenvalue weighted by molar-refractivity contribution is -0.210. The lowest BCUT2D eigenvalue weighted by atomic mass is 9.84. The highest BCUT2D eigenvalue weighted by Crippen LogP contribution is 2.39. The van der Waals surface area contributed by atoms with E-state index in [9.17, 15) is 18.0 Å². The smallest absolute Gasteiger partial charge is 0.400 e. The van der Waals surface area contributed by atoms with Crippen molar-refractivity contribution in [3.05, 3.63) is 47.1 Å². The Morgan fingerprint density at radius 2 is 1.79 bits per heavy atom. The van der Waals surface area contributed by atoms with Gasteiger partial charge < -0.3 is 9.47 Å². The number of benzene rings is 1. The first-order chi connectivity index (χ1) is 17.8. The summed E-state index contributed by atoms with van der Waals surface area (Å²) in [5.41, 5.74) is -0.799. The summed E-state index contributed by atoms with van der Waals surface area (Å²) in [5.74, 6) is 0.0817. The van der Waals surface area contributed by atoms with E-state index in [0.29, 0.717) is 27.6 Å². The van der Waals surface area contributed by atoms with Gasteiger partial charge in [-0.25, -0.2) is 9.97 Å². The van der Waals surface area contributed by atoms with E-state index >= 15 is 0 Å². The van der Waals surface area contributed by atoms with Gasteiger partial charge in [-0.2, -0.15) is 23.1 Å². The maximum atomic E-state index is 13.2. The van der Waals surface area contributed by atoms with Crippen molar-refractivity contribution < 1.29 is 27.4 Å². The number of ether oxygens (including phenoxy) is 2. The average Bonchev–Trinajstić information content (AvgIpc) is 2.87. The third-order valence-corrected chi connectivity index (χ3v) is 6.46. The second-order valence-corrected chi connectivity index (χ2v) is 9.84. The number of methoxy groups -OCH3 is 1. The van der Waals surface area contributed by atoms with Crippen molar-refractivity contribution in [1.29, 1.82) is 0 Å². The van der Waals surface area contributed by atoms with Crippen LogP contribution in [0.25, 0.3) is 22.8 Å². The number of aryl methyl sites for hydroxylation is 1. The van der Waals surface area contributed by atoms with E-state index in [1.54, 1.807) is 36.5 Å². The number of nitrogens with zero attached hydrogens (tertiary/aromatic N) is 4. The minimum Gasteiger partial charge on any atom is -0.475 e. The van der Waals surface area contributed by atoms with E-state index < -0.39 is 17.4 Å². The van der Waals surface area contributed by atoms with E-state index in [1.165, 1.54) is 7.11 Å². The number of carbonyl (C=O) groups is 1. The van der Waals surface area contributed by atoms with Crippen LogP contribution in [0.5, 0.6) is 11.9 Å². The maximum absolute atomic E-state index is 13.2. The molecule has 0 amide bonds. The number of hydrogen-bond donors (Lipinski definition) is 0. The molecule has 204 valence electrons. The summed E-state index contributed by atoms with van der Waals surface area (Å²) in [4.78, 5) is 29.8. The fourth-order valence-corrected chi connectivity index (χ4v) is 3.78. The van der Waals surface area contributed by atoms with Crippen LogP contribution in [0.4, 0.5) is 13.2 Å². The topological polar surface area (TPSA) is 87.1 Å². The van der Waals surface area contributed by atoms with Gasteiger partial charge in [-0.15, -0.1) is 0 Å². The largest absolute Gasteiger partial charge is 0.475 e. The molecule has 1 aromatic carbocycles. The van der Waals surface area contributed by atoms with Crippen LogP contribution in [0.3, 0.4) is 0 Å². The van der Waals surface area contributed by atoms with Crippen molar-refractivity contribution in [3.8, 4) is 34.7 Å². The third-order valence-electron chi connectivity index (χ3n) is 6.13. The van der Waals surface area contributed by atoms with E-state index in [4.69, 9.17) is 21.1 Å². The molecule has 0 N–H and O–H groups in total. The average molecular weight is 551 g/mol. The summed E-state index contributed by atoms with van der Waals surface area (Å²) >= 11 is 6.43. The summed E-state index contributed by atoms with van der Waals surface area (Å²) in [7, 11) is 1.42. The van der Waals surface area contributed by atoms with E-state index in [1.807, 2.05) is 6.92 Å². The second-order valence-electron chi connectivity index (χ2n) is 9.43. The van der Waals surface area contributed by atoms with Crippen LogP contribution in [-0.2, 0) is 11.2 Å². The Morgan fingerprint density at radius 3 is 2.39 bits per heavy atom. The van der Waals surface area contributed by atoms with Gasteiger partial charge in [0.25, 0.3) is 0 Å². The number of alkyl halides is 3. The molecule has 2 heterocycles. The highest BCUT2D eigenvalue weighted by Gasteiger charge is 2.51. The number of rotatable bonds is 11. The highest BCUT2D eigenvalue weighted by molar-refractivity contribution is 6.33. The van der Waals surface area contributed by atoms with Crippen LogP contribution in [0, 0.1) is 5.41 Å². The summed E-state index contributed by atoms with van der Waals surface area (Å²) in [5, 5.41) is 0.321. The van der Waals surface area contributed by atoms with Crippen LogP contribution < -0.4 is 9.47 Å². The summed E-state index contributed by atoms with van der Waals surface area (Å²) < 4.78 is 50.7. The minimum atomic E-state index is -4.62. The Bertz CT molecular complexity index is 1270. The molecule has 0 aliphatic carbocycles. The monoisotopic (exact) mass is 550 g/mol. The predicted octanol–water partition coefficient (Wildman–Crippen LogP) is 6.92. The molecule has 0 saturated heterocycles. The van der Waals surface area contributed by atoms with Crippen LogP contribution in [0.15, 0.2) is 36.5 Å². The highest BCUT2D eigenvalue weighted by atomic mass is 35.5. The van der Waals surface area contributed by atoms with Gasteiger partial charge in [-0.3, -0.25) is 4.79 Å². The zero-order valence-electron chi connectivity index (χ0n) is 21.9. The Morgan fingerprint density at radius 1 is 1.08 bits per heavy atom. The Labute approximate surface area is 224 Å². The number of pyridine rings is 1. The van der Waals surface area contributed by atoms with E-state index in [0.717, 1.165) is 26.7 Å². The van der Waals surface area contributed by atoms with E-state index in [-0.39, 0.29) is 36.6 Å². The van der Waals surface area contributed by atoms with E-state index in [2.05, 4.69) is 26.9 Å². The van der Waals surface area contributed by atoms with Crippen LogP contribution in [0.1, 0.15) is 52.5 Å². The number of aromatic nitrogens is 4. The number of halogens is 4. The Kier molecular flexibility index (Phi) is 9.30. The van der Waals surface area contributed by atoms with Crippen molar-refractivity contribution in [1.82, 2.24) is 19.9 Å². The molecule has 0 aliphatic rings. The molecule has 11 heteroatoms. The van der Waals surface area contributed by atoms with Crippen molar-refractivity contribution in [2.24, 2.45) is 5.41 Å². The molecular formula is C27H30ClF3N4O3. The number of Topliss-reactive ketones (excluding diaryl/α,β-unsaturated/α-hetero) is 1. The Balaban J connectivity index is 1.87. The molecule has 0 radical (unpaired) electrons. The minimum absolute atomic E-state index is 0.0338. The molecule has 0 unspecified atom stereocenters. The molecule has 3 aromatic rings. The lowest BCUT2D eigenvalue weighted by Crippen LogP contribution is -2.39. The van der Waals surface area contributed by atoms with Gasteiger partial charge in [0.1, 0.15) is 11.2 Å². The molecule has 7 nitrogen and oxygen atoms in total. The Hall–Kier alpha value is -3.27. The number of hydrogen-bond acceptors (Lipinski definition) is 7. The summed E-state index contributed by atoms with van der Waals surface area (Å²) in [6, 6.07) is 8.44. The first-order valence-corrected chi connectivity index (χ1v) is 12.6. The molecular weight excluding hydrogens is 521 g/mol. The number of carbonyl (C=O) groups excluding carboxylic acids is 1. The molecule has 38 heavy (non-hydrogen) atoms. The van der Waals surface area contributed by atoms with Crippen molar-refractivity contribution in [3.63, 3.8) is 0 Å². The predicted molar refractivity (Wildman–Crippen MR) is 138 cm³/mol. The number of ketones is 1. The van der Waals surface area contributed by atoms with Crippen LogP contribution >= 0.6 is 11.6 Å². The molecule has 2 aromatic heterocycles. The van der Waals surface area contributed by atoms with Crippen molar-refractivity contribution in [2.45, 2.75) is 65.7 Å². The first-order valence-electron chi connectivity index (χ1n) is 12.2. The second kappa shape index (κ2) is 12.1. The summed E-state index contributed by atoms with van der Waals surface area (Å²) in [6.07, 6.45) is -1.29.